The molecule has 0 radical (unpaired) electrons. The summed E-state index contributed by atoms with van der Waals surface area (Å²) in [6, 6.07) is 16.3. The molecule has 0 saturated carbocycles. The predicted octanol–water partition coefficient (Wildman–Crippen LogP) is 2.66. The van der Waals surface area contributed by atoms with Gasteiger partial charge in [-0.3, -0.25) is 13.9 Å². The highest BCUT2D eigenvalue weighted by Gasteiger charge is 2.35. The number of benzene rings is 2. The molecule has 2 aromatic carbocycles. The minimum Gasteiger partial charge on any atom is -0.457 e. The van der Waals surface area contributed by atoms with Gasteiger partial charge in [0, 0.05) is 13.1 Å². The van der Waals surface area contributed by atoms with E-state index in [1.54, 1.807) is 40.7 Å². The van der Waals surface area contributed by atoms with Crippen LogP contribution in [0.2, 0.25) is 0 Å². The minimum absolute atomic E-state index is 0.251. The highest BCUT2D eigenvalue weighted by molar-refractivity contribution is 5.93. The van der Waals surface area contributed by atoms with E-state index in [0.717, 1.165) is 0 Å². The summed E-state index contributed by atoms with van der Waals surface area (Å²) in [5, 5.41) is 12.8. The number of hydrogen-bond donors (Lipinski definition) is 3. The molecule has 2 aliphatic heterocycles. The number of likely N-dealkylation sites (tertiary alicyclic amines) is 1. The second kappa shape index (κ2) is 9.50. The third-order valence-corrected chi connectivity index (χ3v) is 6.05. The molecule has 1 saturated heterocycles. The Bertz CT molecular complexity index is 1380. The summed E-state index contributed by atoms with van der Waals surface area (Å²) in [7, 11) is 0. The number of carbonyl (C=O) groups is 1. The molecule has 0 aliphatic carbocycles. The molecule has 2 unspecified atom stereocenters. The van der Waals surface area contributed by atoms with Gasteiger partial charge in [-0.2, -0.15) is 5.48 Å². The first kappa shape index (κ1) is 22.5. The van der Waals surface area contributed by atoms with E-state index < -0.39 is 6.17 Å². The smallest absolute Gasteiger partial charge is 0.335 e. The first-order valence-corrected chi connectivity index (χ1v) is 11.2. The lowest BCUT2D eigenvalue weighted by Crippen LogP contribution is -2.31. The maximum atomic E-state index is 13.7. The number of aromatic nitrogens is 2. The Kier molecular flexibility index (Phi) is 6.10. The molecule has 1 amide bonds. The number of imidazole rings is 1. The van der Waals surface area contributed by atoms with Gasteiger partial charge >= 0.3 is 5.69 Å². The van der Waals surface area contributed by atoms with E-state index in [4.69, 9.17) is 4.74 Å². The molecule has 0 bridgehead atoms. The summed E-state index contributed by atoms with van der Waals surface area (Å²) in [5.41, 5.74) is 2.93. The second-order valence-corrected chi connectivity index (χ2v) is 8.15. The van der Waals surface area contributed by atoms with Gasteiger partial charge in [-0.05, 0) is 55.7 Å². The lowest BCUT2D eigenvalue weighted by atomic mass is 10.2. The van der Waals surface area contributed by atoms with Gasteiger partial charge in [-0.1, -0.05) is 24.1 Å². The molecule has 1 fully saturated rings. The van der Waals surface area contributed by atoms with Gasteiger partial charge < -0.3 is 20.2 Å². The maximum absolute atomic E-state index is 13.7. The quantitative estimate of drug-likeness (QED) is 0.389. The topological polar surface area (TPSA) is 113 Å². The number of fused-ring (bicyclic) bond motifs is 1. The van der Waals surface area contributed by atoms with Gasteiger partial charge in [0.2, 0.25) is 0 Å². The summed E-state index contributed by atoms with van der Waals surface area (Å²) >= 11 is 0. The van der Waals surface area contributed by atoms with Crippen molar-refractivity contribution in [1.29, 1.82) is 0 Å². The molecular weight excluding hydrogens is 448 g/mol. The van der Waals surface area contributed by atoms with E-state index in [2.05, 4.69) is 27.6 Å². The summed E-state index contributed by atoms with van der Waals surface area (Å²) in [6.07, 6.45) is 1.20. The van der Waals surface area contributed by atoms with Crippen LogP contribution in [0.15, 0.2) is 64.4 Å². The van der Waals surface area contributed by atoms with Gasteiger partial charge in [0.1, 0.15) is 23.0 Å². The number of amides is 1. The Hall–Kier alpha value is -4.33. The Labute approximate surface area is 201 Å². The largest absolute Gasteiger partial charge is 0.457 e. The van der Waals surface area contributed by atoms with Crippen molar-refractivity contribution in [2.45, 2.75) is 25.6 Å². The van der Waals surface area contributed by atoms with Crippen molar-refractivity contribution in [1.82, 2.24) is 19.5 Å². The van der Waals surface area contributed by atoms with Crippen molar-refractivity contribution >= 4 is 18.1 Å². The summed E-state index contributed by atoms with van der Waals surface area (Å²) in [6.45, 7) is 2.49. The number of carbonyl (C=O) groups excluding carboxylic acids is 1. The molecule has 10 heteroatoms. The van der Waals surface area contributed by atoms with E-state index in [1.807, 2.05) is 30.3 Å². The monoisotopic (exact) mass is 472 g/mol. The van der Waals surface area contributed by atoms with Crippen LogP contribution < -0.4 is 21.2 Å². The summed E-state index contributed by atoms with van der Waals surface area (Å²) < 4.78 is 9.01. The van der Waals surface area contributed by atoms with Gasteiger partial charge in [-0.25, -0.2) is 9.79 Å². The molecule has 1 aromatic heterocycles. The second-order valence-electron chi connectivity index (χ2n) is 8.15. The molecule has 0 spiro atoms. The lowest BCUT2D eigenvalue weighted by Gasteiger charge is -2.21. The first-order chi connectivity index (χ1) is 17.1. The summed E-state index contributed by atoms with van der Waals surface area (Å²) in [4.78, 5) is 31.9. The highest BCUT2D eigenvalue weighted by atomic mass is 16.5. The van der Waals surface area contributed by atoms with E-state index >= 15 is 0 Å². The molecule has 3 heterocycles. The molecule has 2 aliphatic rings. The van der Waals surface area contributed by atoms with Crippen LogP contribution in [-0.4, -0.2) is 44.6 Å². The lowest BCUT2D eigenvalue weighted by molar-refractivity contribution is -0.124. The predicted molar refractivity (Wildman–Crippen MR) is 130 cm³/mol. The van der Waals surface area contributed by atoms with Gasteiger partial charge in [0.25, 0.3) is 5.91 Å². The number of ether oxygens (including phenoxy) is 1. The fourth-order valence-electron chi connectivity index (χ4n) is 4.47. The Morgan fingerprint density at radius 1 is 1.17 bits per heavy atom. The Balaban J connectivity index is 1.52. The van der Waals surface area contributed by atoms with Crippen LogP contribution in [0.4, 0.5) is 5.82 Å². The molecule has 5 rings (SSSR count). The molecule has 3 aromatic rings. The molecular formula is C25H24N6O4. The zero-order chi connectivity index (χ0) is 24.4. The summed E-state index contributed by atoms with van der Waals surface area (Å²) in [5.74, 6) is 6.78. The van der Waals surface area contributed by atoms with Crippen molar-refractivity contribution in [3.8, 4) is 29.0 Å². The number of nitrogens with zero attached hydrogens (tertiary/aromatic N) is 4. The standard InChI is InChI=1S/C25H24N6O4/c1-2-6-21(32)29-14-13-18(15-29)31-24-22(23(28-34)26-16-27-24)30(25(31)33)17-9-11-20(12-10-17)35-19-7-4-3-5-8-19/h3-5,7-12,16,18,23,28,34H,13-15H2,1H3,(H,26,27). The number of rotatable bonds is 5. The van der Waals surface area contributed by atoms with Crippen LogP contribution in [0.3, 0.4) is 0 Å². The number of hydrogen-bond acceptors (Lipinski definition) is 7. The number of aliphatic imine (C=N–C) groups is 1. The van der Waals surface area contributed by atoms with E-state index in [0.29, 0.717) is 48.2 Å². The van der Waals surface area contributed by atoms with Crippen LogP contribution in [0.25, 0.3) is 5.69 Å². The number of nitrogens with one attached hydrogen (secondary N) is 2. The minimum atomic E-state index is -0.842. The van der Waals surface area contributed by atoms with Gasteiger partial charge in [-0.15, -0.1) is 0 Å². The van der Waals surface area contributed by atoms with Crippen molar-refractivity contribution in [2.75, 3.05) is 18.4 Å². The van der Waals surface area contributed by atoms with Crippen LogP contribution in [-0.2, 0) is 4.79 Å². The van der Waals surface area contributed by atoms with Crippen molar-refractivity contribution in [2.24, 2.45) is 4.99 Å². The molecule has 2 atom stereocenters. The molecule has 10 nitrogen and oxygen atoms in total. The average Bonchev–Trinajstić information content (AvgIpc) is 3.47. The fourth-order valence-corrected chi connectivity index (χ4v) is 4.47. The third kappa shape index (κ3) is 4.19. The zero-order valence-electron chi connectivity index (χ0n) is 19.0. The first-order valence-electron chi connectivity index (χ1n) is 11.2. The Morgan fingerprint density at radius 3 is 2.63 bits per heavy atom. The normalized spacial score (nSPS) is 18.4. The number of para-hydroxylation sites is 1. The van der Waals surface area contributed by atoms with E-state index in [9.17, 15) is 14.8 Å². The van der Waals surface area contributed by atoms with Crippen LogP contribution >= 0.6 is 0 Å². The molecule has 35 heavy (non-hydrogen) atoms. The molecule has 3 N–H and O–H groups in total. The van der Waals surface area contributed by atoms with Crippen molar-refractivity contribution < 1.29 is 14.7 Å². The number of anilines is 1. The number of hydroxylamine groups is 1. The average molecular weight is 473 g/mol. The Morgan fingerprint density at radius 2 is 1.91 bits per heavy atom. The van der Waals surface area contributed by atoms with Crippen LogP contribution in [0, 0.1) is 11.8 Å². The SMILES string of the molecule is CC#CC(=O)N1CCC(n2c3c(n(-c4ccc(Oc5ccccc5)cc4)c2=O)C(NO)N=CN3)C1. The zero-order valence-corrected chi connectivity index (χ0v) is 19.0. The van der Waals surface area contributed by atoms with Crippen LogP contribution in [0.5, 0.6) is 11.5 Å². The van der Waals surface area contributed by atoms with Crippen molar-refractivity contribution in [3.05, 3.63) is 70.8 Å². The third-order valence-electron chi connectivity index (χ3n) is 6.05. The fraction of sp³-hybridized carbons (Fsp3) is 0.240. The molecule has 178 valence electrons. The van der Waals surface area contributed by atoms with Gasteiger partial charge in [0.15, 0.2) is 6.17 Å². The maximum Gasteiger partial charge on any atom is 0.335 e. The van der Waals surface area contributed by atoms with E-state index in [-0.39, 0.29) is 17.6 Å². The van der Waals surface area contributed by atoms with Gasteiger partial charge in [0.05, 0.1) is 18.1 Å². The van der Waals surface area contributed by atoms with Crippen LogP contribution in [0.1, 0.15) is 31.2 Å². The highest BCUT2D eigenvalue weighted by Crippen LogP contribution is 2.33. The van der Waals surface area contributed by atoms with E-state index in [1.165, 1.54) is 10.9 Å². The van der Waals surface area contributed by atoms with Crippen molar-refractivity contribution in [3.63, 3.8) is 0 Å².